The lowest BCUT2D eigenvalue weighted by Gasteiger charge is -2.27. The van der Waals surface area contributed by atoms with E-state index in [0.29, 0.717) is 0 Å². The Bertz CT molecular complexity index is 306. The predicted octanol–water partition coefficient (Wildman–Crippen LogP) is 2.17. The zero-order valence-corrected chi connectivity index (χ0v) is 11.1. The zero-order valence-electron chi connectivity index (χ0n) is 11.1. The van der Waals surface area contributed by atoms with Crippen LogP contribution in [0.2, 0.25) is 0 Å². The van der Waals surface area contributed by atoms with Gasteiger partial charge in [-0.15, -0.1) is 0 Å². The van der Waals surface area contributed by atoms with E-state index in [2.05, 4.69) is 5.32 Å². The van der Waals surface area contributed by atoms with Gasteiger partial charge in [0.2, 0.25) is 5.91 Å². The average Bonchev–Trinajstić information content (AvgIpc) is 2.34. The van der Waals surface area contributed by atoms with Crippen molar-refractivity contribution in [3.8, 4) is 0 Å². The Kier molecular flexibility index (Phi) is 4.61. The van der Waals surface area contributed by atoms with Gasteiger partial charge in [-0.2, -0.15) is 0 Å². The van der Waals surface area contributed by atoms with Crippen molar-refractivity contribution in [1.29, 1.82) is 0 Å². The molecule has 0 bridgehead atoms. The van der Waals surface area contributed by atoms with Crippen molar-refractivity contribution >= 4 is 11.9 Å². The maximum Gasteiger partial charge on any atom is 0.328 e. The van der Waals surface area contributed by atoms with E-state index >= 15 is 0 Å². The van der Waals surface area contributed by atoms with Crippen LogP contribution in [0.5, 0.6) is 0 Å². The maximum absolute atomic E-state index is 12.0. The first kappa shape index (κ1) is 13.4. The topological polar surface area (TPSA) is 55.4 Å². The van der Waals surface area contributed by atoms with Gasteiger partial charge in [-0.25, -0.2) is 4.79 Å². The summed E-state index contributed by atoms with van der Waals surface area (Å²) >= 11 is 0. The summed E-state index contributed by atoms with van der Waals surface area (Å²) in [6.07, 6.45) is 8.55. The summed E-state index contributed by atoms with van der Waals surface area (Å²) in [5.41, 5.74) is 0. The second-order valence-corrected chi connectivity index (χ2v) is 5.56. The fourth-order valence-corrected chi connectivity index (χ4v) is 2.51. The number of ether oxygens (including phenoxy) is 1. The van der Waals surface area contributed by atoms with E-state index in [-0.39, 0.29) is 23.9 Å². The molecule has 0 aliphatic heterocycles. The number of esters is 1. The van der Waals surface area contributed by atoms with E-state index in [9.17, 15) is 9.59 Å². The number of hydrogen-bond acceptors (Lipinski definition) is 3. The Morgan fingerprint density at radius 2 is 1.72 bits per heavy atom. The molecule has 0 heterocycles. The lowest BCUT2D eigenvalue weighted by molar-refractivity contribution is -0.156. The third-order valence-corrected chi connectivity index (χ3v) is 4.02. The Hall–Kier alpha value is -1.06. The Morgan fingerprint density at radius 1 is 1.06 bits per heavy atom. The first-order valence-electron chi connectivity index (χ1n) is 7.17. The van der Waals surface area contributed by atoms with Gasteiger partial charge < -0.3 is 10.1 Å². The number of carbonyl (C=O) groups excluding carboxylic acids is 2. The Labute approximate surface area is 108 Å². The second-order valence-electron chi connectivity index (χ2n) is 5.56. The zero-order chi connectivity index (χ0) is 13.0. The minimum Gasteiger partial charge on any atom is -0.461 e. The van der Waals surface area contributed by atoms with Gasteiger partial charge in [-0.05, 0) is 39.0 Å². The molecule has 102 valence electrons. The van der Waals surface area contributed by atoms with Crippen LogP contribution in [0.15, 0.2) is 0 Å². The van der Waals surface area contributed by atoms with Crippen LogP contribution in [-0.4, -0.2) is 24.0 Å². The SMILES string of the molecule is C[C@@H](NC(=O)C1CCCCC1)C(=O)OC1CCC1. The van der Waals surface area contributed by atoms with E-state index in [0.717, 1.165) is 44.9 Å². The molecule has 18 heavy (non-hydrogen) atoms. The van der Waals surface area contributed by atoms with Crippen molar-refractivity contribution in [1.82, 2.24) is 5.32 Å². The van der Waals surface area contributed by atoms with Gasteiger partial charge in [0, 0.05) is 5.92 Å². The van der Waals surface area contributed by atoms with E-state index in [1.54, 1.807) is 6.92 Å². The Morgan fingerprint density at radius 3 is 2.28 bits per heavy atom. The van der Waals surface area contributed by atoms with Crippen LogP contribution in [0.3, 0.4) is 0 Å². The highest BCUT2D eigenvalue weighted by atomic mass is 16.5. The number of nitrogens with one attached hydrogen (secondary N) is 1. The van der Waals surface area contributed by atoms with Gasteiger partial charge in [-0.1, -0.05) is 19.3 Å². The molecule has 0 radical (unpaired) electrons. The molecule has 1 amide bonds. The van der Waals surface area contributed by atoms with Gasteiger partial charge in [0.25, 0.3) is 0 Å². The molecule has 2 fully saturated rings. The fourth-order valence-electron chi connectivity index (χ4n) is 2.51. The molecule has 1 N–H and O–H groups in total. The molecule has 2 aliphatic rings. The molecule has 0 saturated heterocycles. The Balaban J connectivity index is 1.72. The lowest BCUT2D eigenvalue weighted by Crippen LogP contribution is -2.44. The molecule has 2 saturated carbocycles. The smallest absolute Gasteiger partial charge is 0.328 e. The van der Waals surface area contributed by atoms with Crippen LogP contribution < -0.4 is 5.32 Å². The maximum atomic E-state index is 12.0. The molecule has 0 aromatic rings. The molecule has 4 heteroatoms. The van der Waals surface area contributed by atoms with Crippen molar-refractivity contribution in [2.75, 3.05) is 0 Å². The first-order chi connectivity index (χ1) is 8.66. The summed E-state index contributed by atoms with van der Waals surface area (Å²) in [4.78, 5) is 23.7. The van der Waals surface area contributed by atoms with Crippen LogP contribution in [0, 0.1) is 5.92 Å². The summed E-state index contributed by atoms with van der Waals surface area (Å²) < 4.78 is 5.28. The summed E-state index contributed by atoms with van der Waals surface area (Å²) in [6, 6.07) is -0.514. The van der Waals surface area contributed by atoms with E-state index in [4.69, 9.17) is 4.74 Å². The minimum absolute atomic E-state index is 0.0211. The van der Waals surface area contributed by atoms with Crippen LogP contribution in [-0.2, 0) is 14.3 Å². The highest BCUT2D eigenvalue weighted by Gasteiger charge is 2.28. The van der Waals surface area contributed by atoms with Crippen molar-refractivity contribution in [2.24, 2.45) is 5.92 Å². The van der Waals surface area contributed by atoms with Crippen LogP contribution in [0.4, 0.5) is 0 Å². The minimum atomic E-state index is -0.514. The molecular formula is C14H23NO3. The summed E-state index contributed by atoms with van der Waals surface area (Å²) in [7, 11) is 0. The number of rotatable bonds is 4. The highest BCUT2D eigenvalue weighted by Crippen LogP contribution is 2.24. The van der Waals surface area contributed by atoms with Gasteiger partial charge in [0.15, 0.2) is 0 Å². The monoisotopic (exact) mass is 253 g/mol. The lowest BCUT2D eigenvalue weighted by atomic mass is 9.88. The van der Waals surface area contributed by atoms with Gasteiger partial charge in [0.05, 0.1) is 0 Å². The van der Waals surface area contributed by atoms with Crippen LogP contribution in [0.25, 0.3) is 0 Å². The third-order valence-electron chi connectivity index (χ3n) is 4.02. The molecule has 2 aliphatic carbocycles. The van der Waals surface area contributed by atoms with Crippen LogP contribution >= 0.6 is 0 Å². The van der Waals surface area contributed by atoms with E-state index < -0.39 is 6.04 Å². The number of hydrogen-bond donors (Lipinski definition) is 1. The quantitative estimate of drug-likeness (QED) is 0.781. The summed E-state index contributed by atoms with van der Waals surface area (Å²) in [6.45, 7) is 1.71. The summed E-state index contributed by atoms with van der Waals surface area (Å²) in [5, 5.41) is 2.79. The van der Waals surface area contributed by atoms with Gasteiger partial charge in [-0.3, -0.25) is 4.79 Å². The average molecular weight is 253 g/mol. The fraction of sp³-hybridized carbons (Fsp3) is 0.857. The van der Waals surface area contributed by atoms with Gasteiger partial charge >= 0.3 is 5.97 Å². The number of carbonyl (C=O) groups is 2. The van der Waals surface area contributed by atoms with Crippen LogP contribution in [0.1, 0.15) is 58.3 Å². The third kappa shape index (κ3) is 3.47. The number of amides is 1. The normalized spacial score (nSPS) is 22.9. The first-order valence-corrected chi connectivity index (χ1v) is 7.17. The predicted molar refractivity (Wildman–Crippen MR) is 67.9 cm³/mol. The van der Waals surface area contributed by atoms with Crippen molar-refractivity contribution < 1.29 is 14.3 Å². The van der Waals surface area contributed by atoms with Gasteiger partial charge in [0.1, 0.15) is 12.1 Å². The molecule has 4 nitrogen and oxygen atoms in total. The second kappa shape index (κ2) is 6.21. The standard InChI is InChI=1S/C14H23NO3/c1-10(14(17)18-12-8-5-9-12)15-13(16)11-6-3-2-4-7-11/h10-12H,2-9H2,1H3,(H,15,16)/t10-/m1/s1. The van der Waals surface area contributed by atoms with Crippen molar-refractivity contribution in [3.63, 3.8) is 0 Å². The molecule has 0 aromatic carbocycles. The molecule has 0 spiro atoms. The molecule has 2 rings (SSSR count). The summed E-state index contributed by atoms with van der Waals surface area (Å²) in [5.74, 6) is -0.172. The molecule has 0 aromatic heterocycles. The molecular weight excluding hydrogens is 230 g/mol. The van der Waals surface area contributed by atoms with Crippen molar-refractivity contribution in [3.05, 3.63) is 0 Å². The van der Waals surface area contributed by atoms with E-state index in [1.807, 2.05) is 0 Å². The molecule has 1 atom stereocenters. The van der Waals surface area contributed by atoms with E-state index in [1.165, 1.54) is 6.42 Å². The van der Waals surface area contributed by atoms with Crippen molar-refractivity contribution in [2.45, 2.75) is 70.4 Å². The highest BCUT2D eigenvalue weighted by molar-refractivity contribution is 5.85. The largest absolute Gasteiger partial charge is 0.461 e. The molecule has 0 unspecified atom stereocenters.